The average molecular weight is 490 g/mol. The zero-order valence-corrected chi connectivity index (χ0v) is 18.8. The Balaban J connectivity index is 1.59. The zero-order chi connectivity index (χ0) is 21.2. The molecule has 0 fully saturated rings. The molecule has 152 valence electrons. The van der Waals surface area contributed by atoms with E-state index in [-0.39, 0.29) is 0 Å². The number of nitrogens with one attached hydrogen (secondary N) is 1. The van der Waals surface area contributed by atoms with E-state index in [4.69, 9.17) is 19.7 Å². The molecule has 0 aliphatic carbocycles. The minimum absolute atomic E-state index is 0.593. The number of fused-ring (bicyclic) bond motifs is 1. The summed E-state index contributed by atoms with van der Waals surface area (Å²) in [6.07, 6.45) is 3.48. The van der Waals surface area contributed by atoms with Crippen molar-refractivity contribution < 1.29 is 4.74 Å². The molecule has 0 amide bonds. The number of benzene rings is 2. The third kappa shape index (κ3) is 3.99. The van der Waals surface area contributed by atoms with Gasteiger partial charge in [-0.05, 0) is 36.4 Å². The maximum atomic E-state index is 5.41. The van der Waals surface area contributed by atoms with Gasteiger partial charge in [-0.2, -0.15) is 0 Å². The minimum atomic E-state index is 0.593. The highest BCUT2D eigenvalue weighted by Crippen LogP contribution is 2.34. The van der Waals surface area contributed by atoms with Gasteiger partial charge in [0.1, 0.15) is 11.6 Å². The molecule has 0 saturated carbocycles. The van der Waals surface area contributed by atoms with Crippen LogP contribution in [-0.2, 0) is 0 Å². The average Bonchev–Trinajstić information content (AvgIpc) is 3.28. The summed E-state index contributed by atoms with van der Waals surface area (Å²) < 4.78 is 6.41. The summed E-state index contributed by atoms with van der Waals surface area (Å²) in [5.74, 6) is 1.99. The Bertz CT molecular complexity index is 1370. The molecule has 2 aromatic carbocycles. The van der Waals surface area contributed by atoms with Crippen LogP contribution < -0.4 is 10.1 Å². The van der Waals surface area contributed by atoms with Gasteiger partial charge in [0.2, 0.25) is 0 Å². The van der Waals surface area contributed by atoms with Gasteiger partial charge in [-0.3, -0.25) is 4.98 Å². The van der Waals surface area contributed by atoms with Crippen LogP contribution in [0.3, 0.4) is 0 Å². The quantitative estimate of drug-likeness (QED) is 0.311. The number of ether oxygens (including phenoxy) is 1. The number of thiazole rings is 1. The van der Waals surface area contributed by atoms with Gasteiger partial charge in [-0.1, -0.05) is 34.1 Å². The summed E-state index contributed by atoms with van der Waals surface area (Å²) in [4.78, 5) is 18.5. The van der Waals surface area contributed by atoms with E-state index in [1.807, 2.05) is 60.0 Å². The summed E-state index contributed by atoms with van der Waals surface area (Å²) >= 11 is 5.12. The highest BCUT2D eigenvalue weighted by molar-refractivity contribution is 9.10. The van der Waals surface area contributed by atoms with Crippen molar-refractivity contribution in [2.75, 3.05) is 12.4 Å². The molecule has 0 unspecified atom stereocenters. The molecule has 3 aromatic heterocycles. The van der Waals surface area contributed by atoms with Crippen LogP contribution in [0, 0.1) is 0 Å². The largest absolute Gasteiger partial charge is 0.497 e. The van der Waals surface area contributed by atoms with Crippen molar-refractivity contribution in [2.24, 2.45) is 0 Å². The van der Waals surface area contributed by atoms with Gasteiger partial charge in [0.25, 0.3) is 0 Å². The zero-order valence-electron chi connectivity index (χ0n) is 16.4. The first-order valence-corrected chi connectivity index (χ1v) is 11.1. The van der Waals surface area contributed by atoms with Crippen molar-refractivity contribution >= 4 is 49.1 Å². The Morgan fingerprint density at radius 1 is 1.00 bits per heavy atom. The highest BCUT2D eigenvalue weighted by Gasteiger charge is 2.14. The lowest BCUT2D eigenvalue weighted by molar-refractivity contribution is 0.415. The Labute approximate surface area is 191 Å². The lowest BCUT2D eigenvalue weighted by Crippen LogP contribution is -2.00. The van der Waals surface area contributed by atoms with E-state index in [1.54, 1.807) is 19.5 Å². The number of halogens is 1. The first-order valence-electron chi connectivity index (χ1n) is 9.45. The van der Waals surface area contributed by atoms with Crippen molar-refractivity contribution in [2.45, 2.75) is 0 Å². The SMILES string of the molecule is COc1ccc2nc(-c3cccnc3)nc(Nc3nc(-c4ccccc4Br)cs3)c2c1. The Hall–Kier alpha value is -3.36. The van der Waals surface area contributed by atoms with Crippen LogP contribution in [0.2, 0.25) is 0 Å². The molecule has 0 saturated heterocycles. The predicted octanol–water partition coefficient (Wildman–Crippen LogP) is 6.33. The summed E-state index contributed by atoms with van der Waals surface area (Å²) in [7, 11) is 1.64. The number of pyridine rings is 1. The van der Waals surface area contributed by atoms with Crippen molar-refractivity contribution in [1.29, 1.82) is 0 Å². The molecule has 31 heavy (non-hydrogen) atoms. The van der Waals surface area contributed by atoms with Crippen molar-refractivity contribution in [3.8, 4) is 28.4 Å². The molecule has 0 bridgehead atoms. The molecule has 3 heterocycles. The van der Waals surface area contributed by atoms with Crippen LogP contribution in [0.15, 0.2) is 76.8 Å². The van der Waals surface area contributed by atoms with Gasteiger partial charge in [0, 0.05) is 38.8 Å². The van der Waals surface area contributed by atoms with Crippen LogP contribution in [-0.4, -0.2) is 27.0 Å². The van der Waals surface area contributed by atoms with Crippen molar-refractivity contribution in [3.63, 3.8) is 0 Å². The second kappa shape index (κ2) is 8.41. The van der Waals surface area contributed by atoms with Gasteiger partial charge in [0.05, 0.1) is 18.3 Å². The monoisotopic (exact) mass is 489 g/mol. The number of aromatic nitrogens is 4. The fourth-order valence-electron chi connectivity index (χ4n) is 3.18. The van der Waals surface area contributed by atoms with E-state index in [9.17, 15) is 0 Å². The molecule has 0 aliphatic rings. The Morgan fingerprint density at radius 3 is 2.71 bits per heavy atom. The number of hydrogen-bond acceptors (Lipinski definition) is 7. The summed E-state index contributed by atoms with van der Waals surface area (Å²) in [5.41, 5.74) is 3.58. The van der Waals surface area contributed by atoms with Crippen LogP contribution in [0.5, 0.6) is 5.75 Å². The standard InChI is InChI=1S/C23H16BrN5OS/c1-30-15-8-9-19-17(11-15)22(28-21(26-19)14-5-4-10-25-12-14)29-23-27-20(13-31-23)16-6-2-3-7-18(16)24/h2-13H,1H3,(H,26,27,28,29). The Morgan fingerprint density at radius 2 is 1.90 bits per heavy atom. The number of methoxy groups -OCH3 is 1. The van der Waals surface area contributed by atoms with Gasteiger partial charge in [-0.15, -0.1) is 11.3 Å². The van der Waals surface area contributed by atoms with E-state index in [1.165, 1.54) is 11.3 Å². The van der Waals surface area contributed by atoms with E-state index in [0.717, 1.165) is 43.1 Å². The molecule has 1 N–H and O–H groups in total. The van der Waals surface area contributed by atoms with Crippen LogP contribution in [0.1, 0.15) is 0 Å². The molecule has 8 heteroatoms. The molecule has 0 atom stereocenters. The van der Waals surface area contributed by atoms with E-state index in [0.29, 0.717) is 11.6 Å². The van der Waals surface area contributed by atoms with Gasteiger partial charge in [0.15, 0.2) is 11.0 Å². The number of anilines is 2. The molecular formula is C23H16BrN5OS. The third-order valence-corrected chi connectivity index (χ3v) is 6.15. The second-order valence-corrected chi connectivity index (χ2v) is 8.38. The van der Waals surface area contributed by atoms with Gasteiger partial charge < -0.3 is 10.1 Å². The topological polar surface area (TPSA) is 72.8 Å². The second-order valence-electron chi connectivity index (χ2n) is 6.66. The van der Waals surface area contributed by atoms with Crippen molar-refractivity contribution in [1.82, 2.24) is 19.9 Å². The summed E-state index contributed by atoms with van der Waals surface area (Å²) in [6.45, 7) is 0. The molecule has 5 aromatic rings. The smallest absolute Gasteiger partial charge is 0.188 e. The lowest BCUT2D eigenvalue weighted by Gasteiger charge is -2.10. The van der Waals surface area contributed by atoms with Crippen LogP contribution in [0.4, 0.5) is 10.9 Å². The highest BCUT2D eigenvalue weighted by atomic mass is 79.9. The molecule has 6 nitrogen and oxygen atoms in total. The molecule has 0 aliphatic heterocycles. The van der Waals surface area contributed by atoms with E-state index < -0.39 is 0 Å². The fraction of sp³-hybridized carbons (Fsp3) is 0.0435. The van der Waals surface area contributed by atoms with Crippen molar-refractivity contribution in [3.05, 3.63) is 76.8 Å². The number of nitrogens with zero attached hydrogens (tertiary/aromatic N) is 4. The fourth-order valence-corrected chi connectivity index (χ4v) is 4.38. The maximum absolute atomic E-state index is 5.41. The van der Waals surface area contributed by atoms with Crippen LogP contribution >= 0.6 is 27.3 Å². The molecule has 0 radical (unpaired) electrons. The van der Waals surface area contributed by atoms with E-state index >= 15 is 0 Å². The van der Waals surface area contributed by atoms with Crippen LogP contribution in [0.25, 0.3) is 33.5 Å². The van der Waals surface area contributed by atoms with Gasteiger partial charge in [-0.25, -0.2) is 15.0 Å². The summed E-state index contributed by atoms with van der Waals surface area (Å²) in [5, 5.41) is 7.00. The predicted molar refractivity (Wildman–Crippen MR) is 128 cm³/mol. The summed E-state index contributed by atoms with van der Waals surface area (Å²) in [6, 6.07) is 17.6. The molecular weight excluding hydrogens is 474 g/mol. The number of hydrogen-bond donors (Lipinski definition) is 1. The first kappa shape index (κ1) is 19.6. The minimum Gasteiger partial charge on any atom is -0.497 e. The first-order chi connectivity index (χ1) is 15.2. The Kier molecular flexibility index (Phi) is 5.31. The van der Waals surface area contributed by atoms with Gasteiger partial charge >= 0.3 is 0 Å². The lowest BCUT2D eigenvalue weighted by atomic mass is 10.2. The molecule has 5 rings (SSSR count). The number of rotatable bonds is 5. The maximum Gasteiger partial charge on any atom is 0.188 e. The third-order valence-electron chi connectivity index (χ3n) is 4.70. The molecule has 0 spiro atoms. The normalized spacial score (nSPS) is 10.9. The van der Waals surface area contributed by atoms with E-state index in [2.05, 4.69) is 26.2 Å².